The molecule has 2 N–H and O–H groups in total. The van der Waals surface area contributed by atoms with Gasteiger partial charge in [-0.25, -0.2) is 0 Å². The molecule has 2 rings (SSSR count). The molecule has 0 aliphatic carbocycles. The van der Waals surface area contributed by atoms with Crippen LogP contribution in [0.15, 0.2) is 35.2 Å². The maximum atomic E-state index is 6.17. The van der Waals surface area contributed by atoms with Crippen molar-refractivity contribution in [3.63, 3.8) is 0 Å². The summed E-state index contributed by atoms with van der Waals surface area (Å²) in [4.78, 5) is 4.15. The van der Waals surface area contributed by atoms with Crippen LogP contribution in [-0.2, 0) is 0 Å². The lowest BCUT2D eigenvalue weighted by Gasteiger charge is -2.12. The van der Waals surface area contributed by atoms with Crippen LogP contribution in [0.5, 0.6) is 5.75 Å². The summed E-state index contributed by atoms with van der Waals surface area (Å²) in [6, 6.07) is 3.51. The molecule has 0 aliphatic rings. The first-order chi connectivity index (χ1) is 8.72. The molecule has 96 valence electrons. The predicted octanol–water partition coefficient (Wildman–Crippen LogP) is 2.82. The number of hydrogen-bond donors (Lipinski definition) is 1. The summed E-state index contributed by atoms with van der Waals surface area (Å²) in [5.74, 6) is 1.51. The van der Waals surface area contributed by atoms with Crippen LogP contribution in [-0.4, -0.2) is 11.6 Å². The minimum atomic E-state index is -0.308. The average Bonchev–Trinajstić information content (AvgIpc) is 2.82. The molecule has 2 heterocycles. The lowest BCUT2D eigenvalue weighted by Crippen LogP contribution is -2.12. The van der Waals surface area contributed by atoms with Crippen LogP contribution in [0.2, 0.25) is 0 Å². The van der Waals surface area contributed by atoms with Crippen molar-refractivity contribution in [3.05, 3.63) is 47.7 Å². The number of ether oxygens (including phenoxy) is 1. The number of aromatic nitrogens is 1. The van der Waals surface area contributed by atoms with Crippen molar-refractivity contribution in [2.24, 2.45) is 5.73 Å². The zero-order chi connectivity index (χ0) is 13.0. The van der Waals surface area contributed by atoms with E-state index in [1.165, 1.54) is 0 Å². The standard InChI is InChI=1S/C14H18N2O2/c1-3-5-17-12-7-11(8-16-9-12)13(15)14-10(2)4-6-18-14/h4,6-9,13H,3,5,15H2,1-2H3. The number of pyridine rings is 1. The summed E-state index contributed by atoms with van der Waals surface area (Å²) in [6.07, 6.45) is 6.05. The SMILES string of the molecule is CCCOc1cncc(C(N)c2occc2C)c1. The minimum absolute atomic E-state index is 0.308. The average molecular weight is 246 g/mol. The van der Waals surface area contributed by atoms with E-state index in [0.717, 1.165) is 29.1 Å². The van der Waals surface area contributed by atoms with E-state index >= 15 is 0 Å². The van der Waals surface area contributed by atoms with Crippen molar-refractivity contribution in [2.75, 3.05) is 6.61 Å². The van der Waals surface area contributed by atoms with Gasteiger partial charge in [-0.1, -0.05) is 6.92 Å². The smallest absolute Gasteiger partial charge is 0.137 e. The predicted molar refractivity (Wildman–Crippen MR) is 69.5 cm³/mol. The molecule has 1 atom stereocenters. The number of furan rings is 1. The number of aryl methyl sites for hydroxylation is 1. The Morgan fingerprint density at radius 1 is 1.44 bits per heavy atom. The van der Waals surface area contributed by atoms with Gasteiger partial charge in [-0.05, 0) is 36.6 Å². The van der Waals surface area contributed by atoms with Crippen molar-refractivity contribution in [1.29, 1.82) is 0 Å². The molecule has 0 saturated heterocycles. The van der Waals surface area contributed by atoms with Crippen LogP contribution in [0.4, 0.5) is 0 Å². The molecule has 0 radical (unpaired) electrons. The summed E-state index contributed by atoms with van der Waals surface area (Å²) in [6.45, 7) is 4.72. The van der Waals surface area contributed by atoms with Gasteiger partial charge in [0.05, 0.1) is 25.1 Å². The third-order valence-corrected chi connectivity index (χ3v) is 2.75. The van der Waals surface area contributed by atoms with Gasteiger partial charge < -0.3 is 14.9 Å². The highest BCUT2D eigenvalue weighted by Gasteiger charge is 2.15. The molecule has 0 saturated carbocycles. The van der Waals surface area contributed by atoms with Gasteiger partial charge in [0.2, 0.25) is 0 Å². The number of rotatable bonds is 5. The fourth-order valence-corrected chi connectivity index (χ4v) is 1.76. The van der Waals surface area contributed by atoms with Crippen molar-refractivity contribution in [1.82, 2.24) is 4.98 Å². The highest BCUT2D eigenvalue weighted by Crippen LogP contribution is 2.25. The Kier molecular flexibility index (Phi) is 3.99. The second-order valence-corrected chi connectivity index (χ2v) is 4.25. The van der Waals surface area contributed by atoms with E-state index in [1.807, 2.05) is 19.1 Å². The summed E-state index contributed by atoms with van der Waals surface area (Å²) in [5, 5.41) is 0. The van der Waals surface area contributed by atoms with Crippen LogP contribution in [0.25, 0.3) is 0 Å². The van der Waals surface area contributed by atoms with Crippen LogP contribution < -0.4 is 10.5 Å². The van der Waals surface area contributed by atoms with Gasteiger partial charge in [0.1, 0.15) is 11.5 Å². The van der Waals surface area contributed by atoms with Crippen molar-refractivity contribution in [3.8, 4) is 5.75 Å². The molecule has 18 heavy (non-hydrogen) atoms. The summed E-state index contributed by atoms with van der Waals surface area (Å²) in [7, 11) is 0. The Labute approximate surface area is 107 Å². The minimum Gasteiger partial charge on any atom is -0.492 e. The van der Waals surface area contributed by atoms with Gasteiger partial charge in [0.15, 0.2) is 0 Å². The first-order valence-corrected chi connectivity index (χ1v) is 6.09. The molecule has 0 bridgehead atoms. The van der Waals surface area contributed by atoms with Crippen molar-refractivity contribution < 1.29 is 9.15 Å². The van der Waals surface area contributed by atoms with Gasteiger partial charge in [-0.15, -0.1) is 0 Å². The normalized spacial score (nSPS) is 12.4. The Bertz CT molecular complexity index is 508. The Morgan fingerprint density at radius 3 is 2.94 bits per heavy atom. The third-order valence-electron chi connectivity index (χ3n) is 2.75. The maximum Gasteiger partial charge on any atom is 0.137 e. The van der Waals surface area contributed by atoms with E-state index < -0.39 is 0 Å². The van der Waals surface area contributed by atoms with Crippen LogP contribution >= 0.6 is 0 Å². The zero-order valence-corrected chi connectivity index (χ0v) is 10.7. The van der Waals surface area contributed by atoms with Gasteiger partial charge in [-0.2, -0.15) is 0 Å². The molecular formula is C14H18N2O2. The molecule has 2 aromatic heterocycles. The van der Waals surface area contributed by atoms with E-state index in [4.69, 9.17) is 14.9 Å². The highest BCUT2D eigenvalue weighted by atomic mass is 16.5. The number of nitrogens with two attached hydrogens (primary N) is 1. The first kappa shape index (κ1) is 12.6. The Balaban J connectivity index is 2.20. The van der Waals surface area contributed by atoms with Crippen LogP contribution in [0.3, 0.4) is 0 Å². The van der Waals surface area contributed by atoms with Crippen LogP contribution in [0.1, 0.15) is 36.3 Å². The first-order valence-electron chi connectivity index (χ1n) is 6.09. The third kappa shape index (κ3) is 2.71. The fraction of sp³-hybridized carbons (Fsp3) is 0.357. The second kappa shape index (κ2) is 5.69. The lowest BCUT2D eigenvalue weighted by molar-refractivity contribution is 0.315. The number of hydrogen-bond acceptors (Lipinski definition) is 4. The molecule has 0 fully saturated rings. The van der Waals surface area contributed by atoms with Gasteiger partial charge in [0, 0.05) is 6.20 Å². The lowest BCUT2D eigenvalue weighted by atomic mass is 10.1. The molecule has 4 nitrogen and oxygen atoms in total. The highest BCUT2D eigenvalue weighted by molar-refractivity contribution is 5.32. The van der Waals surface area contributed by atoms with Crippen molar-refractivity contribution >= 4 is 0 Å². The van der Waals surface area contributed by atoms with Crippen LogP contribution in [0, 0.1) is 6.92 Å². The largest absolute Gasteiger partial charge is 0.492 e. The van der Waals surface area contributed by atoms with E-state index in [0.29, 0.717) is 6.61 Å². The molecular weight excluding hydrogens is 228 g/mol. The maximum absolute atomic E-state index is 6.17. The summed E-state index contributed by atoms with van der Waals surface area (Å²) in [5.41, 5.74) is 8.10. The van der Waals surface area contributed by atoms with E-state index in [2.05, 4.69) is 11.9 Å². The fourth-order valence-electron chi connectivity index (χ4n) is 1.76. The zero-order valence-electron chi connectivity index (χ0n) is 10.7. The molecule has 0 aromatic carbocycles. The topological polar surface area (TPSA) is 61.3 Å². The van der Waals surface area contributed by atoms with Gasteiger partial charge in [-0.3, -0.25) is 4.98 Å². The van der Waals surface area contributed by atoms with Gasteiger partial charge >= 0.3 is 0 Å². The monoisotopic (exact) mass is 246 g/mol. The van der Waals surface area contributed by atoms with Crippen molar-refractivity contribution in [2.45, 2.75) is 26.3 Å². The van der Waals surface area contributed by atoms with E-state index in [9.17, 15) is 0 Å². The Hall–Kier alpha value is -1.81. The quantitative estimate of drug-likeness (QED) is 0.881. The molecule has 0 aliphatic heterocycles. The summed E-state index contributed by atoms with van der Waals surface area (Å²) >= 11 is 0. The molecule has 4 heteroatoms. The Morgan fingerprint density at radius 2 is 2.28 bits per heavy atom. The second-order valence-electron chi connectivity index (χ2n) is 4.25. The number of nitrogens with zero attached hydrogens (tertiary/aromatic N) is 1. The molecule has 2 aromatic rings. The van der Waals surface area contributed by atoms with E-state index in [1.54, 1.807) is 18.7 Å². The molecule has 0 amide bonds. The summed E-state index contributed by atoms with van der Waals surface area (Å²) < 4.78 is 11.0. The molecule has 1 unspecified atom stereocenters. The van der Waals surface area contributed by atoms with E-state index in [-0.39, 0.29) is 6.04 Å². The molecule has 0 spiro atoms. The van der Waals surface area contributed by atoms with Gasteiger partial charge in [0.25, 0.3) is 0 Å².